The molecule has 7 nitrogen and oxygen atoms in total. The number of carbonyl (C=O) groups is 2. The standard InChI is InChI=1S/C19H20N4O3/c1-14(2)23(15-8-4-3-5-9-15)18(24)13-26-19(25)12-22-17-11-7-6-10-16(17)20-21-22/h3-11,14H,12-13H2,1-2H3. The number of para-hydroxylation sites is 2. The van der Waals surface area contributed by atoms with Crippen LogP contribution in [0.3, 0.4) is 0 Å². The molecule has 1 heterocycles. The molecule has 0 atom stereocenters. The van der Waals surface area contributed by atoms with Gasteiger partial charge in [0.15, 0.2) is 6.61 Å². The number of ether oxygens (including phenoxy) is 1. The molecule has 0 fully saturated rings. The number of esters is 1. The highest BCUT2D eigenvalue weighted by atomic mass is 16.5. The van der Waals surface area contributed by atoms with Gasteiger partial charge in [0, 0.05) is 11.7 Å². The first kappa shape index (κ1) is 17.6. The molecule has 1 amide bonds. The molecule has 0 N–H and O–H groups in total. The van der Waals surface area contributed by atoms with Crippen molar-refractivity contribution in [1.82, 2.24) is 15.0 Å². The number of hydrogen-bond acceptors (Lipinski definition) is 5. The first-order chi connectivity index (χ1) is 12.6. The quantitative estimate of drug-likeness (QED) is 0.637. The first-order valence-electron chi connectivity index (χ1n) is 8.37. The highest BCUT2D eigenvalue weighted by Gasteiger charge is 2.20. The zero-order chi connectivity index (χ0) is 18.5. The predicted molar refractivity (Wildman–Crippen MR) is 97.6 cm³/mol. The highest BCUT2D eigenvalue weighted by molar-refractivity contribution is 5.95. The predicted octanol–water partition coefficient (Wildman–Crippen LogP) is 2.42. The Bertz CT molecular complexity index is 905. The summed E-state index contributed by atoms with van der Waals surface area (Å²) in [5.74, 6) is -0.811. The van der Waals surface area contributed by atoms with Gasteiger partial charge in [0.25, 0.3) is 5.91 Å². The summed E-state index contributed by atoms with van der Waals surface area (Å²) in [6.45, 7) is 3.40. The fourth-order valence-corrected chi connectivity index (χ4v) is 2.73. The number of carbonyl (C=O) groups excluding carboxylic acids is 2. The molecular formula is C19H20N4O3. The number of fused-ring (bicyclic) bond motifs is 1. The van der Waals surface area contributed by atoms with Crippen LogP contribution in [-0.4, -0.2) is 39.5 Å². The lowest BCUT2D eigenvalue weighted by Crippen LogP contribution is -2.40. The Balaban J connectivity index is 1.62. The van der Waals surface area contributed by atoms with Crippen molar-refractivity contribution in [3.8, 4) is 0 Å². The van der Waals surface area contributed by atoms with Crippen molar-refractivity contribution in [2.24, 2.45) is 0 Å². The topological polar surface area (TPSA) is 77.3 Å². The minimum Gasteiger partial charge on any atom is -0.454 e. The number of amides is 1. The maximum absolute atomic E-state index is 12.5. The summed E-state index contributed by atoms with van der Waals surface area (Å²) in [5, 5.41) is 7.93. The van der Waals surface area contributed by atoms with Crippen molar-refractivity contribution in [2.45, 2.75) is 26.4 Å². The third-order valence-electron chi connectivity index (χ3n) is 3.88. The molecule has 0 saturated carbocycles. The van der Waals surface area contributed by atoms with Gasteiger partial charge in [-0.1, -0.05) is 35.5 Å². The second kappa shape index (κ2) is 7.77. The van der Waals surface area contributed by atoms with Crippen LogP contribution in [-0.2, 0) is 20.9 Å². The number of nitrogens with zero attached hydrogens (tertiary/aromatic N) is 4. The molecule has 0 aliphatic carbocycles. The zero-order valence-electron chi connectivity index (χ0n) is 14.7. The summed E-state index contributed by atoms with van der Waals surface area (Å²) in [7, 11) is 0. The molecule has 0 radical (unpaired) electrons. The number of hydrogen-bond donors (Lipinski definition) is 0. The third kappa shape index (κ3) is 3.88. The SMILES string of the molecule is CC(C)N(C(=O)COC(=O)Cn1nnc2ccccc21)c1ccccc1. The van der Waals surface area contributed by atoms with Gasteiger partial charge < -0.3 is 9.64 Å². The van der Waals surface area contributed by atoms with E-state index in [0.717, 1.165) is 11.2 Å². The van der Waals surface area contributed by atoms with Gasteiger partial charge in [0.1, 0.15) is 12.1 Å². The number of rotatable bonds is 6. The average molecular weight is 352 g/mol. The fourth-order valence-electron chi connectivity index (χ4n) is 2.73. The molecule has 134 valence electrons. The average Bonchev–Trinajstić information content (AvgIpc) is 3.04. The van der Waals surface area contributed by atoms with Gasteiger partial charge in [-0.25, -0.2) is 4.68 Å². The van der Waals surface area contributed by atoms with E-state index < -0.39 is 5.97 Å². The first-order valence-corrected chi connectivity index (χ1v) is 8.37. The van der Waals surface area contributed by atoms with Crippen LogP contribution in [0.25, 0.3) is 11.0 Å². The monoisotopic (exact) mass is 352 g/mol. The van der Waals surface area contributed by atoms with Crippen LogP contribution in [0.1, 0.15) is 13.8 Å². The van der Waals surface area contributed by atoms with E-state index in [0.29, 0.717) is 5.52 Å². The van der Waals surface area contributed by atoms with Gasteiger partial charge in [-0.3, -0.25) is 9.59 Å². The van der Waals surface area contributed by atoms with Crippen LogP contribution in [0.4, 0.5) is 5.69 Å². The zero-order valence-corrected chi connectivity index (χ0v) is 14.7. The summed E-state index contributed by atoms with van der Waals surface area (Å²) in [6.07, 6.45) is 0. The van der Waals surface area contributed by atoms with Crippen molar-refractivity contribution in [1.29, 1.82) is 0 Å². The maximum atomic E-state index is 12.5. The molecule has 3 aromatic rings. The van der Waals surface area contributed by atoms with Crippen molar-refractivity contribution in [3.63, 3.8) is 0 Å². The molecule has 3 rings (SSSR count). The van der Waals surface area contributed by atoms with E-state index in [9.17, 15) is 9.59 Å². The molecule has 2 aromatic carbocycles. The molecule has 7 heteroatoms. The molecule has 0 aliphatic rings. The van der Waals surface area contributed by atoms with Gasteiger partial charge in [0.2, 0.25) is 0 Å². The normalized spacial score (nSPS) is 10.9. The Morgan fingerprint density at radius 2 is 1.77 bits per heavy atom. The fraction of sp³-hybridized carbons (Fsp3) is 0.263. The molecular weight excluding hydrogens is 332 g/mol. The van der Waals surface area contributed by atoms with Crippen LogP contribution in [0.2, 0.25) is 0 Å². The molecule has 0 spiro atoms. The summed E-state index contributed by atoms with van der Waals surface area (Å²) < 4.78 is 6.62. The lowest BCUT2D eigenvalue weighted by Gasteiger charge is -2.26. The summed E-state index contributed by atoms with van der Waals surface area (Å²) in [6, 6.07) is 16.6. The summed E-state index contributed by atoms with van der Waals surface area (Å²) in [4.78, 5) is 26.2. The van der Waals surface area contributed by atoms with Crippen LogP contribution in [0.15, 0.2) is 54.6 Å². The van der Waals surface area contributed by atoms with Crippen molar-refractivity contribution in [2.75, 3.05) is 11.5 Å². The molecule has 1 aromatic heterocycles. The van der Waals surface area contributed by atoms with Crippen LogP contribution >= 0.6 is 0 Å². The minimum absolute atomic E-state index is 0.0529. The third-order valence-corrected chi connectivity index (χ3v) is 3.88. The van der Waals surface area contributed by atoms with Gasteiger partial charge in [-0.2, -0.15) is 0 Å². The molecule has 0 saturated heterocycles. The number of anilines is 1. The van der Waals surface area contributed by atoms with Crippen LogP contribution in [0, 0.1) is 0 Å². The Kier molecular flexibility index (Phi) is 5.26. The molecule has 0 unspecified atom stereocenters. The van der Waals surface area contributed by atoms with Crippen LogP contribution < -0.4 is 4.90 Å². The van der Waals surface area contributed by atoms with E-state index in [2.05, 4.69) is 10.3 Å². The Labute approximate surface area is 151 Å². The second-order valence-electron chi connectivity index (χ2n) is 6.09. The Hall–Kier alpha value is -3.22. The van der Waals surface area contributed by atoms with Crippen molar-refractivity contribution >= 4 is 28.6 Å². The minimum atomic E-state index is -0.536. The summed E-state index contributed by atoms with van der Waals surface area (Å²) in [5.41, 5.74) is 2.21. The van der Waals surface area contributed by atoms with Gasteiger partial charge >= 0.3 is 5.97 Å². The largest absolute Gasteiger partial charge is 0.454 e. The van der Waals surface area contributed by atoms with E-state index in [1.807, 2.05) is 68.4 Å². The number of aromatic nitrogens is 3. The van der Waals surface area contributed by atoms with Gasteiger partial charge in [0.05, 0.1) is 5.52 Å². The van der Waals surface area contributed by atoms with Gasteiger partial charge in [-0.05, 0) is 38.1 Å². The van der Waals surface area contributed by atoms with E-state index in [-0.39, 0.29) is 25.1 Å². The van der Waals surface area contributed by atoms with E-state index in [1.54, 1.807) is 4.90 Å². The van der Waals surface area contributed by atoms with Crippen LogP contribution in [0.5, 0.6) is 0 Å². The second-order valence-corrected chi connectivity index (χ2v) is 6.09. The van der Waals surface area contributed by atoms with Crippen molar-refractivity contribution < 1.29 is 14.3 Å². The van der Waals surface area contributed by atoms with E-state index in [1.165, 1.54) is 4.68 Å². The lowest BCUT2D eigenvalue weighted by molar-refractivity contribution is -0.148. The Morgan fingerprint density at radius 3 is 2.50 bits per heavy atom. The molecule has 0 bridgehead atoms. The maximum Gasteiger partial charge on any atom is 0.328 e. The number of benzene rings is 2. The van der Waals surface area contributed by atoms with E-state index >= 15 is 0 Å². The molecule has 26 heavy (non-hydrogen) atoms. The summed E-state index contributed by atoms with van der Waals surface area (Å²) >= 11 is 0. The van der Waals surface area contributed by atoms with Gasteiger partial charge in [-0.15, -0.1) is 5.10 Å². The lowest BCUT2D eigenvalue weighted by atomic mass is 10.2. The van der Waals surface area contributed by atoms with Crippen molar-refractivity contribution in [3.05, 3.63) is 54.6 Å². The Morgan fingerprint density at radius 1 is 1.08 bits per heavy atom. The highest BCUT2D eigenvalue weighted by Crippen LogP contribution is 2.17. The molecule has 0 aliphatic heterocycles. The van der Waals surface area contributed by atoms with E-state index in [4.69, 9.17) is 4.74 Å². The smallest absolute Gasteiger partial charge is 0.328 e.